The molecule has 1 atom stereocenters. The van der Waals surface area contributed by atoms with Crippen LogP contribution in [-0.2, 0) is 24.1 Å². The number of hydrogen-bond acceptors (Lipinski definition) is 6. The Hall–Kier alpha value is -3.14. The minimum absolute atomic E-state index is 0.0389. The maximum atomic E-state index is 15.2. The molecule has 0 saturated heterocycles. The van der Waals surface area contributed by atoms with E-state index in [2.05, 4.69) is 10.3 Å². The fourth-order valence-electron chi connectivity index (χ4n) is 3.38. The molecule has 1 heterocycles. The largest absolute Gasteiger partial charge is 0.497 e. The van der Waals surface area contributed by atoms with Gasteiger partial charge in [0.25, 0.3) is 0 Å². The van der Waals surface area contributed by atoms with Gasteiger partial charge in [0, 0.05) is 29.8 Å². The van der Waals surface area contributed by atoms with Gasteiger partial charge in [-0.3, -0.25) is 4.31 Å². The van der Waals surface area contributed by atoms with Crippen LogP contribution in [0, 0.1) is 5.82 Å². The van der Waals surface area contributed by atoms with Crippen molar-refractivity contribution >= 4 is 44.7 Å². The predicted molar refractivity (Wildman–Crippen MR) is 139 cm³/mol. The summed E-state index contributed by atoms with van der Waals surface area (Å²) in [5.41, 5.74) is 2.19. The van der Waals surface area contributed by atoms with Crippen molar-refractivity contribution in [3.63, 3.8) is 0 Å². The quantitative estimate of drug-likeness (QED) is 0.260. The Morgan fingerprint density at radius 1 is 1.11 bits per heavy atom. The molecule has 1 unspecified atom stereocenters. The van der Waals surface area contributed by atoms with Gasteiger partial charge in [0.15, 0.2) is 16.1 Å². The summed E-state index contributed by atoms with van der Waals surface area (Å²) in [4.78, 5) is 4.26. The van der Waals surface area contributed by atoms with Crippen LogP contribution in [0.5, 0.6) is 11.5 Å². The Morgan fingerprint density at radius 3 is 2.60 bits per heavy atom. The highest BCUT2D eigenvalue weighted by molar-refractivity contribution is 7.86. The average Bonchev–Trinajstić information content (AvgIpc) is 3.42. The topological polar surface area (TPSA) is 63.7 Å². The summed E-state index contributed by atoms with van der Waals surface area (Å²) in [6.45, 7) is 0.642. The molecular weight excluding hydrogens is 509 g/mol. The van der Waals surface area contributed by atoms with Crippen LogP contribution in [0.2, 0.25) is 5.02 Å². The molecule has 0 aliphatic heterocycles. The Kier molecular flexibility index (Phi) is 8.22. The lowest BCUT2D eigenvalue weighted by Gasteiger charge is -2.23. The van der Waals surface area contributed by atoms with Crippen molar-refractivity contribution in [3.05, 3.63) is 94.2 Å². The van der Waals surface area contributed by atoms with E-state index in [4.69, 9.17) is 21.1 Å². The normalized spacial score (nSPS) is 11.7. The molecule has 0 fully saturated rings. The van der Waals surface area contributed by atoms with Crippen molar-refractivity contribution in [2.45, 2.75) is 18.0 Å². The Bertz CT molecular complexity index is 1310. The number of nitrogens with one attached hydrogen (secondary N) is 1. The molecule has 1 aromatic heterocycles. The number of methoxy groups -OCH3 is 2. The van der Waals surface area contributed by atoms with Crippen LogP contribution in [-0.4, -0.2) is 23.4 Å². The molecule has 0 bridgehead atoms. The minimum Gasteiger partial charge on any atom is -0.497 e. The molecule has 10 heteroatoms. The third-order valence-corrected chi connectivity index (χ3v) is 7.79. The lowest BCUT2D eigenvalue weighted by Crippen LogP contribution is -2.26. The van der Waals surface area contributed by atoms with Gasteiger partial charge in [-0.2, -0.15) is 0 Å². The molecular formula is C25H23ClFN3O3S2. The van der Waals surface area contributed by atoms with E-state index in [1.807, 2.05) is 36.4 Å². The van der Waals surface area contributed by atoms with E-state index in [-0.39, 0.29) is 16.5 Å². The molecule has 0 radical (unpaired) electrons. The van der Waals surface area contributed by atoms with Crippen LogP contribution in [0.1, 0.15) is 11.1 Å². The molecule has 6 nitrogen and oxygen atoms in total. The lowest BCUT2D eigenvalue weighted by atomic mass is 10.2. The van der Waals surface area contributed by atoms with Crippen molar-refractivity contribution < 1.29 is 18.1 Å². The first kappa shape index (κ1) is 25.0. The fraction of sp³-hybridized carbons (Fsp3) is 0.160. The van der Waals surface area contributed by atoms with Crippen molar-refractivity contribution in [1.82, 2.24) is 4.98 Å². The molecule has 0 spiro atoms. The van der Waals surface area contributed by atoms with E-state index in [1.165, 1.54) is 27.8 Å². The van der Waals surface area contributed by atoms with Crippen molar-refractivity contribution in [1.29, 1.82) is 0 Å². The van der Waals surface area contributed by atoms with Gasteiger partial charge in [0.1, 0.15) is 17.3 Å². The Labute approximate surface area is 214 Å². The number of rotatable bonds is 10. The summed E-state index contributed by atoms with van der Waals surface area (Å²) in [5, 5.41) is 5.65. The zero-order valence-corrected chi connectivity index (χ0v) is 21.4. The number of benzene rings is 3. The molecule has 182 valence electrons. The number of ether oxygens (including phenoxy) is 2. The first-order chi connectivity index (χ1) is 17.0. The van der Waals surface area contributed by atoms with E-state index in [1.54, 1.807) is 37.9 Å². The number of aromatic nitrogens is 1. The highest BCUT2D eigenvalue weighted by atomic mass is 35.5. The second-order valence-corrected chi connectivity index (χ2v) is 10.0. The molecule has 35 heavy (non-hydrogen) atoms. The molecule has 0 saturated carbocycles. The third kappa shape index (κ3) is 5.93. The Morgan fingerprint density at radius 2 is 1.91 bits per heavy atom. The van der Waals surface area contributed by atoms with Crippen LogP contribution in [0.3, 0.4) is 0 Å². The molecule has 0 amide bonds. The first-order valence-corrected chi connectivity index (χ1v) is 12.9. The van der Waals surface area contributed by atoms with Crippen molar-refractivity contribution in [2.75, 3.05) is 23.8 Å². The Balaban J connectivity index is 1.62. The highest BCUT2D eigenvalue weighted by Gasteiger charge is 2.24. The summed E-state index contributed by atoms with van der Waals surface area (Å²) in [6.07, 6.45) is 1.61. The van der Waals surface area contributed by atoms with E-state index in [0.29, 0.717) is 28.9 Å². The minimum atomic E-state index is -1.93. The van der Waals surface area contributed by atoms with Crippen molar-refractivity contribution in [2.24, 2.45) is 0 Å². The van der Waals surface area contributed by atoms with Gasteiger partial charge in [-0.05, 0) is 29.8 Å². The van der Waals surface area contributed by atoms with Gasteiger partial charge in [-0.1, -0.05) is 41.9 Å². The van der Waals surface area contributed by atoms with Crippen LogP contribution in [0.4, 0.5) is 15.2 Å². The number of anilines is 2. The second kappa shape index (κ2) is 11.5. The third-order valence-electron chi connectivity index (χ3n) is 5.18. The van der Waals surface area contributed by atoms with E-state index >= 15 is 4.39 Å². The number of hydrogen-bond donors (Lipinski definition) is 1. The van der Waals surface area contributed by atoms with E-state index in [9.17, 15) is 4.21 Å². The summed E-state index contributed by atoms with van der Waals surface area (Å²) in [7, 11) is 1.18. The van der Waals surface area contributed by atoms with E-state index < -0.39 is 16.8 Å². The lowest BCUT2D eigenvalue weighted by molar-refractivity contribution is 0.391. The predicted octanol–water partition coefficient (Wildman–Crippen LogP) is 6.29. The fourth-order valence-corrected chi connectivity index (χ4v) is 5.69. The van der Waals surface area contributed by atoms with Gasteiger partial charge in [0.05, 0.1) is 36.4 Å². The second-order valence-electron chi connectivity index (χ2n) is 7.38. The molecule has 0 aliphatic carbocycles. The van der Waals surface area contributed by atoms with Crippen LogP contribution in [0.25, 0.3) is 0 Å². The zero-order chi connectivity index (χ0) is 24.8. The maximum Gasteiger partial charge on any atom is 0.197 e. The molecule has 4 aromatic rings. The zero-order valence-electron chi connectivity index (χ0n) is 19.0. The van der Waals surface area contributed by atoms with Gasteiger partial charge in [-0.25, -0.2) is 13.6 Å². The van der Waals surface area contributed by atoms with Gasteiger partial charge >= 0.3 is 0 Å². The number of halogens is 2. The summed E-state index contributed by atoms with van der Waals surface area (Å²) in [5.74, 6) is 0.553. The SMILES string of the molecule is COc1ccc(CN(c2nccs2)S(=O)c2cc(Cl)c(NCc3ccccc3)cc2F)c(OC)c1. The summed E-state index contributed by atoms with van der Waals surface area (Å²) >= 11 is 7.76. The maximum absolute atomic E-state index is 15.2. The van der Waals surface area contributed by atoms with Gasteiger partial charge in [0.2, 0.25) is 0 Å². The molecule has 1 N–H and O–H groups in total. The highest BCUT2D eigenvalue weighted by Crippen LogP contribution is 2.33. The van der Waals surface area contributed by atoms with Crippen LogP contribution in [0.15, 0.2) is 77.1 Å². The number of nitrogens with zero attached hydrogens (tertiary/aromatic N) is 2. The summed E-state index contributed by atoms with van der Waals surface area (Å²) in [6, 6.07) is 17.7. The van der Waals surface area contributed by atoms with Gasteiger partial charge < -0.3 is 14.8 Å². The molecule has 4 rings (SSSR count). The van der Waals surface area contributed by atoms with Gasteiger partial charge in [-0.15, -0.1) is 11.3 Å². The van der Waals surface area contributed by atoms with Crippen LogP contribution < -0.4 is 19.1 Å². The van der Waals surface area contributed by atoms with Crippen LogP contribution >= 0.6 is 22.9 Å². The summed E-state index contributed by atoms with van der Waals surface area (Å²) < 4.78 is 41.1. The average molecular weight is 532 g/mol. The molecule has 0 aliphatic rings. The van der Waals surface area contributed by atoms with Crippen molar-refractivity contribution in [3.8, 4) is 11.5 Å². The first-order valence-electron chi connectivity index (χ1n) is 10.6. The smallest absolute Gasteiger partial charge is 0.197 e. The monoisotopic (exact) mass is 531 g/mol. The standard InChI is InChI=1S/C25H23ClFN3O3S2/c1-32-19-9-8-18(23(12-19)33-2)16-30(25-28-10-11-34-25)35(31)24-13-20(26)22(14-21(24)27)29-15-17-6-4-3-5-7-17/h3-14,29H,15-16H2,1-2H3. The van der Waals surface area contributed by atoms with E-state index in [0.717, 1.165) is 11.1 Å². The number of thiazole rings is 1. The molecule has 3 aromatic carbocycles.